The molecule has 0 saturated heterocycles. The molecule has 3 rings (SSSR count). The van der Waals surface area contributed by atoms with E-state index in [1.807, 2.05) is 6.92 Å². The molecular formula is C20H20N4O3. The molecule has 0 radical (unpaired) electrons. The molecule has 0 bridgehead atoms. The molecule has 2 amide bonds. The van der Waals surface area contributed by atoms with E-state index in [0.717, 1.165) is 0 Å². The molecule has 2 N–H and O–H groups in total. The van der Waals surface area contributed by atoms with Crippen LogP contribution in [0.3, 0.4) is 0 Å². The molecule has 0 aliphatic heterocycles. The van der Waals surface area contributed by atoms with Crippen LogP contribution in [0, 0.1) is 6.92 Å². The highest BCUT2D eigenvalue weighted by Crippen LogP contribution is 2.17. The fourth-order valence-electron chi connectivity index (χ4n) is 2.87. The minimum Gasteiger partial charge on any atom is -0.326 e. The first-order valence-electron chi connectivity index (χ1n) is 8.59. The van der Waals surface area contributed by atoms with Gasteiger partial charge < -0.3 is 15.2 Å². The van der Waals surface area contributed by atoms with Crippen molar-refractivity contribution in [2.24, 2.45) is 0 Å². The zero-order valence-corrected chi connectivity index (χ0v) is 15.4. The average Bonchev–Trinajstić information content (AvgIpc) is 2.63. The molecule has 0 aliphatic rings. The van der Waals surface area contributed by atoms with E-state index >= 15 is 0 Å². The first kappa shape index (κ1) is 18.3. The van der Waals surface area contributed by atoms with Gasteiger partial charge >= 0.3 is 0 Å². The van der Waals surface area contributed by atoms with Crippen LogP contribution in [0.25, 0.3) is 11.0 Å². The number of benzene rings is 2. The number of aryl methyl sites for hydroxylation is 2. The summed E-state index contributed by atoms with van der Waals surface area (Å²) in [4.78, 5) is 40.1. The fourth-order valence-corrected chi connectivity index (χ4v) is 2.87. The monoisotopic (exact) mass is 364 g/mol. The minimum absolute atomic E-state index is 0.124. The quantitative estimate of drug-likeness (QED) is 0.744. The second-order valence-corrected chi connectivity index (χ2v) is 6.16. The van der Waals surface area contributed by atoms with Gasteiger partial charge in [0.1, 0.15) is 5.69 Å². The number of nitrogens with zero attached hydrogens (tertiary/aromatic N) is 2. The van der Waals surface area contributed by atoms with E-state index in [9.17, 15) is 14.4 Å². The Morgan fingerprint density at radius 2 is 1.67 bits per heavy atom. The van der Waals surface area contributed by atoms with Gasteiger partial charge in [0.25, 0.3) is 11.5 Å². The Balaban J connectivity index is 1.86. The molecular weight excluding hydrogens is 344 g/mol. The summed E-state index contributed by atoms with van der Waals surface area (Å²) in [5.74, 6) is -0.436. The van der Waals surface area contributed by atoms with Crippen molar-refractivity contribution in [3.8, 4) is 0 Å². The number of anilines is 2. The Bertz CT molecular complexity index is 1080. The standard InChI is InChI=1S/C20H20N4O3/c1-4-24-18-10-5-14(11-17(18)21-12(2)20(24)27)19(26)23-16-8-6-15(7-9-16)22-13(3)25/h5-11H,4H2,1-3H3,(H,22,25)(H,23,26). The van der Waals surface area contributed by atoms with Crippen LogP contribution in [0.15, 0.2) is 47.3 Å². The number of nitrogens with one attached hydrogen (secondary N) is 2. The van der Waals surface area contributed by atoms with E-state index in [1.54, 1.807) is 54.0 Å². The SMILES string of the molecule is CCn1c(=O)c(C)nc2cc(C(=O)Nc3ccc(NC(C)=O)cc3)ccc21. The topological polar surface area (TPSA) is 93.1 Å². The first-order chi connectivity index (χ1) is 12.9. The van der Waals surface area contributed by atoms with E-state index in [2.05, 4.69) is 15.6 Å². The van der Waals surface area contributed by atoms with Crippen LogP contribution in [0.2, 0.25) is 0 Å². The highest BCUT2D eigenvalue weighted by molar-refractivity contribution is 6.06. The van der Waals surface area contributed by atoms with Crippen LogP contribution in [0.4, 0.5) is 11.4 Å². The highest BCUT2D eigenvalue weighted by atomic mass is 16.2. The molecule has 1 heterocycles. The van der Waals surface area contributed by atoms with Crippen molar-refractivity contribution in [3.63, 3.8) is 0 Å². The summed E-state index contributed by atoms with van der Waals surface area (Å²) in [6.07, 6.45) is 0. The van der Waals surface area contributed by atoms with Gasteiger partial charge in [-0.25, -0.2) is 4.98 Å². The van der Waals surface area contributed by atoms with Crippen molar-refractivity contribution in [2.75, 3.05) is 10.6 Å². The summed E-state index contributed by atoms with van der Waals surface area (Å²) in [6.45, 7) is 5.52. The van der Waals surface area contributed by atoms with Crippen molar-refractivity contribution in [3.05, 3.63) is 64.1 Å². The van der Waals surface area contributed by atoms with Crippen molar-refractivity contribution >= 4 is 34.2 Å². The van der Waals surface area contributed by atoms with E-state index in [1.165, 1.54) is 6.92 Å². The maximum atomic E-state index is 12.5. The van der Waals surface area contributed by atoms with Crippen molar-refractivity contribution in [2.45, 2.75) is 27.3 Å². The molecule has 1 aromatic heterocycles. The number of aromatic nitrogens is 2. The maximum Gasteiger partial charge on any atom is 0.272 e. The van der Waals surface area contributed by atoms with Gasteiger partial charge in [-0.3, -0.25) is 14.4 Å². The van der Waals surface area contributed by atoms with Crippen LogP contribution in [-0.4, -0.2) is 21.4 Å². The van der Waals surface area contributed by atoms with E-state index in [-0.39, 0.29) is 17.4 Å². The molecule has 138 valence electrons. The first-order valence-corrected chi connectivity index (χ1v) is 8.59. The van der Waals surface area contributed by atoms with E-state index in [4.69, 9.17) is 0 Å². The van der Waals surface area contributed by atoms with Crippen LogP contribution in [0.1, 0.15) is 29.9 Å². The summed E-state index contributed by atoms with van der Waals surface area (Å²) in [5, 5.41) is 5.48. The Kier molecular flexibility index (Phi) is 5.03. The molecule has 0 atom stereocenters. The second kappa shape index (κ2) is 7.41. The second-order valence-electron chi connectivity index (χ2n) is 6.16. The van der Waals surface area contributed by atoms with Crippen LogP contribution in [0.5, 0.6) is 0 Å². The Morgan fingerprint density at radius 3 is 2.26 bits per heavy atom. The predicted molar refractivity (Wildman–Crippen MR) is 105 cm³/mol. The van der Waals surface area contributed by atoms with Crippen molar-refractivity contribution < 1.29 is 9.59 Å². The summed E-state index contributed by atoms with van der Waals surface area (Å²) < 4.78 is 1.64. The van der Waals surface area contributed by atoms with Gasteiger partial charge in [-0.1, -0.05) is 0 Å². The molecule has 27 heavy (non-hydrogen) atoms. The Hall–Kier alpha value is -3.48. The zero-order chi connectivity index (χ0) is 19.6. The van der Waals surface area contributed by atoms with Gasteiger partial charge in [-0.15, -0.1) is 0 Å². The van der Waals surface area contributed by atoms with Gasteiger partial charge in [0.15, 0.2) is 0 Å². The number of fused-ring (bicyclic) bond motifs is 1. The molecule has 7 heteroatoms. The highest BCUT2D eigenvalue weighted by Gasteiger charge is 2.11. The number of carbonyl (C=O) groups is 2. The lowest BCUT2D eigenvalue weighted by molar-refractivity contribution is -0.114. The lowest BCUT2D eigenvalue weighted by Crippen LogP contribution is -2.23. The van der Waals surface area contributed by atoms with Crippen LogP contribution >= 0.6 is 0 Å². The zero-order valence-electron chi connectivity index (χ0n) is 15.4. The van der Waals surface area contributed by atoms with Crippen LogP contribution in [-0.2, 0) is 11.3 Å². The third kappa shape index (κ3) is 3.87. The largest absolute Gasteiger partial charge is 0.326 e. The summed E-state index contributed by atoms with van der Waals surface area (Å²) in [7, 11) is 0. The Morgan fingerprint density at radius 1 is 1.04 bits per heavy atom. The van der Waals surface area contributed by atoms with Crippen LogP contribution < -0.4 is 16.2 Å². The average molecular weight is 364 g/mol. The maximum absolute atomic E-state index is 12.5. The molecule has 0 unspecified atom stereocenters. The van der Waals surface area contributed by atoms with Gasteiger partial charge in [0.2, 0.25) is 5.91 Å². The Labute approximate surface area is 156 Å². The minimum atomic E-state index is -0.280. The molecule has 7 nitrogen and oxygen atoms in total. The summed E-state index contributed by atoms with van der Waals surface area (Å²) >= 11 is 0. The molecule has 0 saturated carbocycles. The van der Waals surface area contributed by atoms with Gasteiger partial charge in [0, 0.05) is 30.4 Å². The smallest absolute Gasteiger partial charge is 0.272 e. The lowest BCUT2D eigenvalue weighted by Gasteiger charge is -2.11. The molecule has 2 aromatic carbocycles. The summed E-state index contributed by atoms with van der Waals surface area (Å²) in [5.41, 5.74) is 3.28. The number of amides is 2. The fraction of sp³-hybridized carbons (Fsp3) is 0.200. The normalized spacial score (nSPS) is 10.6. The van der Waals surface area contributed by atoms with Crippen molar-refractivity contribution in [1.29, 1.82) is 0 Å². The molecule has 3 aromatic rings. The van der Waals surface area contributed by atoms with Gasteiger partial charge in [-0.05, 0) is 56.3 Å². The number of hydrogen-bond donors (Lipinski definition) is 2. The van der Waals surface area contributed by atoms with E-state index in [0.29, 0.717) is 40.2 Å². The molecule has 0 spiro atoms. The molecule has 0 fully saturated rings. The van der Waals surface area contributed by atoms with Crippen molar-refractivity contribution in [1.82, 2.24) is 9.55 Å². The number of carbonyl (C=O) groups excluding carboxylic acids is 2. The summed E-state index contributed by atoms with van der Waals surface area (Å²) in [6, 6.07) is 11.9. The van der Waals surface area contributed by atoms with Gasteiger partial charge in [-0.2, -0.15) is 0 Å². The number of hydrogen-bond acceptors (Lipinski definition) is 4. The number of rotatable bonds is 4. The predicted octanol–water partition coefficient (Wildman–Crippen LogP) is 2.94. The van der Waals surface area contributed by atoms with E-state index < -0.39 is 0 Å². The lowest BCUT2D eigenvalue weighted by atomic mass is 10.1. The third-order valence-electron chi connectivity index (χ3n) is 4.15. The third-order valence-corrected chi connectivity index (χ3v) is 4.15. The van der Waals surface area contributed by atoms with Gasteiger partial charge in [0.05, 0.1) is 11.0 Å². The molecule has 0 aliphatic carbocycles.